The number of hydrogen-bond acceptors (Lipinski definition) is 30. The minimum atomic E-state index is -1.95. The predicted octanol–water partition coefficient (Wildman–Crippen LogP) is -5.13. The minimum Gasteiger partial charge on any atom is -0.479 e. The van der Waals surface area contributed by atoms with Crippen molar-refractivity contribution in [1.29, 1.82) is 0 Å². The number of aliphatic carboxylic acids is 1. The molecule has 5 aliphatic carbocycles. The van der Waals surface area contributed by atoms with E-state index in [-0.39, 0.29) is 43.1 Å². The number of carboxylic acid groups (broad SMARTS) is 1. The van der Waals surface area contributed by atoms with E-state index < -0.39 is 244 Å². The zero-order valence-corrected chi connectivity index (χ0v) is 53.4. The molecular formula is C62H100O31. The van der Waals surface area contributed by atoms with Crippen molar-refractivity contribution in [2.75, 3.05) is 39.6 Å². The van der Waals surface area contributed by atoms with Gasteiger partial charge in [0.1, 0.15) is 116 Å². The van der Waals surface area contributed by atoms with Crippen molar-refractivity contribution >= 4 is 11.9 Å². The van der Waals surface area contributed by atoms with Gasteiger partial charge in [0.2, 0.25) is 0 Å². The van der Waals surface area contributed by atoms with Crippen molar-refractivity contribution in [1.82, 2.24) is 0 Å². The molecule has 5 heterocycles. The number of esters is 1. The maximum Gasteiger partial charge on any atom is 0.335 e. The van der Waals surface area contributed by atoms with Crippen molar-refractivity contribution < 1.29 is 154 Å². The fraction of sp³-hybridized carbons (Fsp3) is 0.935. The molecule has 10 rings (SSSR count). The van der Waals surface area contributed by atoms with Gasteiger partial charge in [0, 0.05) is 5.41 Å². The van der Waals surface area contributed by atoms with E-state index in [9.17, 15) is 102 Å². The van der Waals surface area contributed by atoms with Crippen LogP contribution in [-0.4, -0.2) is 309 Å². The first-order valence-corrected chi connectivity index (χ1v) is 32.5. The van der Waals surface area contributed by atoms with Crippen LogP contribution < -0.4 is 0 Å². The van der Waals surface area contributed by atoms with E-state index in [0.717, 1.165) is 5.57 Å². The third-order valence-electron chi connectivity index (χ3n) is 24.1. The lowest BCUT2D eigenvalue weighted by Gasteiger charge is -2.72. The Hall–Kier alpha value is -2.40. The Labute approximate surface area is 537 Å². The Morgan fingerprint density at radius 2 is 1.18 bits per heavy atom. The molecule has 35 atom stereocenters. The molecule has 5 saturated heterocycles. The molecule has 18 N–H and O–H groups in total. The second-order valence-corrected chi connectivity index (χ2v) is 29.7. The summed E-state index contributed by atoms with van der Waals surface area (Å²) in [5.74, 6) is -2.73. The summed E-state index contributed by atoms with van der Waals surface area (Å²) in [5, 5.41) is 194. The van der Waals surface area contributed by atoms with E-state index >= 15 is 0 Å². The number of ether oxygens (including phenoxy) is 11. The highest BCUT2D eigenvalue weighted by Gasteiger charge is 2.71. The first-order chi connectivity index (χ1) is 43.6. The van der Waals surface area contributed by atoms with Gasteiger partial charge in [-0.15, -0.1) is 0 Å². The van der Waals surface area contributed by atoms with Crippen LogP contribution in [0.5, 0.6) is 0 Å². The van der Waals surface area contributed by atoms with Crippen LogP contribution in [0.15, 0.2) is 11.6 Å². The predicted molar refractivity (Wildman–Crippen MR) is 308 cm³/mol. The second-order valence-electron chi connectivity index (χ2n) is 29.7. The molecule has 0 radical (unpaired) electrons. The molecule has 10 aliphatic rings. The average molecular weight is 1340 g/mol. The van der Waals surface area contributed by atoms with Crippen LogP contribution in [-0.2, 0) is 61.7 Å². The summed E-state index contributed by atoms with van der Waals surface area (Å²) in [4.78, 5) is 25.8. The summed E-state index contributed by atoms with van der Waals surface area (Å²) < 4.78 is 65.3. The van der Waals surface area contributed by atoms with Gasteiger partial charge >= 0.3 is 11.9 Å². The zero-order valence-electron chi connectivity index (χ0n) is 53.4. The van der Waals surface area contributed by atoms with Crippen molar-refractivity contribution in [3.63, 3.8) is 0 Å². The van der Waals surface area contributed by atoms with Crippen molar-refractivity contribution in [2.45, 2.75) is 272 Å². The van der Waals surface area contributed by atoms with Gasteiger partial charge < -0.3 is 144 Å². The SMILES string of the molecule is C[C@H]1O[C@@H](O[C@H]2[C@H](O[C@@H]3CO[C@H](O[C@H]4CC[C@]5(C)[C@H]6CC=C7[C@@H]8C[C@@](C)(C(=O)OC[C@H](O)CO[C@@H]9O[C@H](C(=O)O)[C@@H](O)[C@H](O)[C@H]9O)CC[C@]8(CO)[C@H](O)C[C@@]7(C)[C@]6(C)CC[C@H]5C4(C)C)[C@@H](O[C@@H]4O[C@H](CO)[C@@H](O)[C@H](O)[C@H]4O)[C@@H]3O)O[C@H](CO)[C@@H](O)[C@@H]2O)[C@@H](O)[C@@H](O)[C@@H]1O. The van der Waals surface area contributed by atoms with Crippen LogP contribution >= 0.6 is 0 Å². The Kier molecular flexibility index (Phi) is 21.8. The molecule has 0 aromatic rings. The molecule has 31 heteroatoms. The van der Waals surface area contributed by atoms with Crippen LogP contribution in [0.3, 0.4) is 0 Å². The van der Waals surface area contributed by atoms with Gasteiger partial charge in [0.05, 0.1) is 56.8 Å². The summed E-state index contributed by atoms with van der Waals surface area (Å²) in [6.45, 7) is 10.4. The topological polar surface area (TPSA) is 500 Å². The molecule has 534 valence electrons. The Bertz CT molecular complexity index is 2620. The van der Waals surface area contributed by atoms with Crippen molar-refractivity contribution in [3.8, 4) is 0 Å². The highest BCUT2D eigenvalue weighted by molar-refractivity contribution is 5.77. The number of carbonyl (C=O) groups excluding carboxylic acids is 1. The normalized spacial score (nSPS) is 52.6. The highest BCUT2D eigenvalue weighted by Crippen LogP contribution is 2.76. The third-order valence-corrected chi connectivity index (χ3v) is 24.1. The van der Waals surface area contributed by atoms with Gasteiger partial charge in [-0.05, 0) is 111 Å². The van der Waals surface area contributed by atoms with Crippen molar-refractivity contribution in [2.24, 2.45) is 50.2 Å². The van der Waals surface area contributed by atoms with Crippen LogP contribution in [0.4, 0.5) is 0 Å². The molecule has 4 saturated carbocycles. The molecule has 0 aromatic heterocycles. The minimum absolute atomic E-state index is 0.0273. The number of carboxylic acids is 1. The number of aliphatic hydroxyl groups excluding tert-OH is 17. The van der Waals surface area contributed by atoms with E-state index in [1.165, 1.54) is 6.92 Å². The fourth-order valence-corrected chi connectivity index (χ4v) is 18.2. The number of aliphatic hydroxyl groups is 17. The molecule has 0 unspecified atom stereocenters. The van der Waals surface area contributed by atoms with Gasteiger partial charge in [-0.25, -0.2) is 4.79 Å². The molecule has 93 heavy (non-hydrogen) atoms. The molecule has 0 spiro atoms. The Morgan fingerprint density at radius 1 is 0.591 bits per heavy atom. The molecule has 9 fully saturated rings. The Balaban J connectivity index is 0.855. The lowest BCUT2D eigenvalue weighted by molar-refractivity contribution is -0.394. The van der Waals surface area contributed by atoms with E-state index in [1.807, 2.05) is 0 Å². The van der Waals surface area contributed by atoms with Gasteiger partial charge in [-0.3, -0.25) is 4.79 Å². The summed E-state index contributed by atoms with van der Waals surface area (Å²) in [7, 11) is 0. The quantitative estimate of drug-likeness (QED) is 0.0347. The summed E-state index contributed by atoms with van der Waals surface area (Å²) in [6, 6.07) is 0. The van der Waals surface area contributed by atoms with E-state index in [1.54, 1.807) is 6.92 Å². The molecule has 0 bridgehead atoms. The number of carbonyl (C=O) groups is 2. The van der Waals surface area contributed by atoms with Crippen LogP contribution in [0.2, 0.25) is 0 Å². The maximum absolute atomic E-state index is 14.2. The maximum atomic E-state index is 14.2. The monoisotopic (exact) mass is 1340 g/mol. The molecule has 0 amide bonds. The number of rotatable bonds is 18. The van der Waals surface area contributed by atoms with Gasteiger partial charge in [-0.2, -0.15) is 0 Å². The van der Waals surface area contributed by atoms with Gasteiger partial charge in [0.25, 0.3) is 0 Å². The van der Waals surface area contributed by atoms with Crippen molar-refractivity contribution in [3.05, 3.63) is 11.6 Å². The van der Waals surface area contributed by atoms with E-state index in [2.05, 4.69) is 40.7 Å². The summed E-state index contributed by atoms with van der Waals surface area (Å²) >= 11 is 0. The van der Waals surface area contributed by atoms with Crippen LogP contribution in [0.1, 0.15) is 106 Å². The molecule has 31 nitrogen and oxygen atoms in total. The smallest absolute Gasteiger partial charge is 0.335 e. The van der Waals surface area contributed by atoms with E-state index in [0.29, 0.717) is 38.5 Å². The standard InChI is InChI=1S/C62H100O31/c1-24-35(68)39(72)45(78)52(86-24)93-49-42(75)37(70)29(19-64)88-55(49)89-30-22-84-54(48(38(30)71)92-53-46(79)40(73)36(69)28(18-63)87-53)90-34-11-12-59(5)31(57(34,2)3)10-13-60(6)32(59)9-8-26-27-16-58(4,14-15-62(27,23-65)33(67)17-61(26,60)7)56(82)85-21-25(66)20-83-51-44(77)41(74)43(76)47(91-51)50(80)81/h8,24-25,27-49,51-55,63-79H,9-23H2,1-7H3,(H,80,81)/t24-,25-,27+,28-,29-,30-,31+,32-,33-,34+,35-,36-,37-,38-,39+,40+,41+,42+,43+,44-,45+,46-,47+,48+,49-,51-,52+,53+,54-,55+,58+,59+,60-,61-,62-/m1/s1. The second kappa shape index (κ2) is 27.6. The van der Waals surface area contributed by atoms with E-state index in [4.69, 9.17) is 52.1 Å². The average Bonchev–Trinajstić information content (AvgIpc) is 0.674. The first-order valence-electron chi connectivity index (χ1n) is 32.5. The fourth-order valence-electron chi connectivity index (χ4n) is 18.2. The number of hydrogen-bond donors (Lipinski definition) is 18. The molecule has 0 aromatic carbocycles. The third kappa shape index (κ3) is 12.7. The molecular weight excluding hydrogens is 1240 g/mol. The number of allylic oxidation sites excluding steroid dienone is 2. The lowest BCUT2D eigenvalue weighted by Crippen LogP contribution is -2.68. The van der Waals surface area contributed by atoms with Gasteiger partial charge in [-0.1, -0.05) is 46.3 Å². The largest absolute Gasteiger partial charge is 0.479 e. The summed E-state index contributed by atoms with van der Waals surface area (Å²) in [6.07, 6.45) is -38.4. The summed E-state index contributed by atoms with van der Waals surface area (Å²) in [5.41, 5.74) is -3.21. The van der Waals surface area contributed by atoms with Crippen LogP contribution in [0, 0.1) is 50.2 Å². The number of fused-ring (bicyclic) bond motifs is 7. The lowest BCUT2D eigenvalue weighted by atomic mass is 9.33. The molecule has 5 aliphatic heterocycles. The van der Waals surface area contributed by atoms with Crippen LogP contribution in [0.25, 0.3) is 0 Å². The first kappa shape index (κ1) is 73.3. The highest BCUT2D eigenvalue weighted by atomic mass is 16.8. The van der Waals surface area contributed by atoms with Gasteiger partial charge in [0.15, 0.2) is 37.6 Å². The Morgan fingerprint density at radius 3 is 1.82 bits per heavy atom. The zero-order chi connectivity index (χ0) is 68.1.